The molecule has 0 amide bonds. The third-order valence-electron chi connectivity index (χ3n) is 0.683. The average Bonchev–Trinajstić information content (AvgIpc) is 1.91. The van der Waals surface area contributed by atoms with E-state index in [1.807, 2.05) is 0 Å². The molecule has 0 aromatic rings. The largest absolute Gasteiger partial charge is 0.382 e. The van der Waals surface area contributed by atoms with Crippen molar-refractivity contribution in [3.8, 4) is 0 Å². The van der Waals surface area contributed by atoms with Crippen molar-refractivity contribution < 1.29 is 0 Å². The summed E-state index contributed by atoms with van der Waals surface area (Å²) < 4.78 is 0. The lowest BCUT2D eigenvalue weighted by Gasteiger charge is -2.08. The zero-order valence-electron chi connectivity index (χ0n) is 3.68. The minimum absolute atomic E-state index is 0.472. The van der Waals surface area contributed by atoms with Gasteiger partial charge in [-0.3, -0.25) is 0 Å². The van der Waals surface area contributed by atoms with E-state index in [4.69, 9.17) is 11.6 Å². The number of nitrogens with zero attached hydrogens (tertiary/aromatic N) is 1. The van der Waals surface area contributed by atoms with Crippen molar-refractivity contribution in [3.05, 3.63) is 12.0 Å². The van der Waals surface area contributed by atoms with Crippen molar-refractivity contribution in [2.45, 2.75) is 0 Å². The predicted molar refractivity (Wildman–Crippen MR) is 24.6 cm³/mol. The molecule has 0 atom stereocenters. The van der Waals surface area contributed by atoms with Gasteiger partial charge in [0.25, 0.3) is 0 Å². The summed E-state index contributed by atoms with van der Waals surface area (Å²) in [6.45, 7) is 0. The van der Waals surface area contributed by atoms with Crippen LogP contribution in [0.5, 0.6) is 0 Å². The van der Waals surface area contributed by atoms with Gasteiger partial charge in [-0.2, -0.15) is 0 Å². The first-order valence-electron chi connectivity index (χ1n) is 1.82. The van der Waals surface area contributed by atoms with Gasteiger partial charge in [0, 0.05) is 0 Å². The third-order valence-corrected chi connectivity index (χ3v) is 0.683. The zero-order valence-corrected chi connectivity index (χ0v) is 3.68. The van der Waals surface area contributed by atoms with E-state index in [-0.39, 0.29) is 0 Å². The minimum atomic E-state index is 0.472. The minimum Gasteiger partial charge on any atom is -0.382 e. The van der Waals surface area contributed by atoms with Gasteiger partial charge in [-0.15, -0.1) is 5.53 Å². The molecule has 0 aromatic heterocycles. The molecule has 0 bridgehead atoms. The van der Waals surface area contributed by atoms with E-state index in [0.717, 1.165) is 0 Å². The van der Waals surface area contributed by atoms with E-state index in [9.17, 15) is 0 Å². The summed E-state index contributed by atoms with van der Waals surface area (Å²) in [6.07, 6.45) is 1.56. The average molecular weight is 101 g/mol. The summed E-state index contributed by atoms with van der Waals surface area (Å²) in [6, 6.07) is 0. The highest BCUT2D eigenvalue weighted by Gasteiger charge is 2.02. The molecular formula is C2H7N5. The van der Waals surface area contributed by atoms with Crippen LogP contribution in [0.1, 0.15) is 0 Å². The fraction of sp³-hybridized carbons (Fsp3) is 0. The summed E-state index contributed by atoms with van der Waals surface area (Å²) >= 11 is 0. The number of hydrazine groups is 3. The Labute approximate surface area is 40.9 Å². The Morgan fingerprint density at radius 3 is 2.57 bits per heavy atom. The van der Waals surface area contributed by atoms with Gasteiger partial charge in [-0.05, 0) is 0 Å². The Kier molecular flexibility index (Phi) is 0.775. The van der Waals surface area contributed by atoms with Gasteiger partial charge in [-0.25, -0.2) is 11.0 Å². The lowest BCUT2D eigenvalue weighted by Crippen LogP contribution is -2.44. The van der Waals surface area contributed by atoms with Crippen LogP contribution in [0, 0.1) is 0 Å². The number of nitrogens with one attached hydrogen (secondary N) is 2. The maximum Gasteiger partial charge on any atom is 0.149 e. The second-order valence-electron chi connectivity index (χ2n) is 1.20. The molecule has 1 aliphatic rings. The first-order chi connectivity index (χ1) is 3.30. The normalized spacial score (nSPS) is 19.0. The van der Waals surface area contributed by atoms with Gasteiger partial charge in [-0.1, -0.05) is 0 Å². The predicted octanol–water partition coefficient (Wildman–Crippen LogP) is -2.06. The number of rotatable bonds is 0. The first-order valence-corrected chi connectivity index (χ1v) is 1.82. The van der Waals surface area contributed by atoms with Crippen LogP contribution in [-0.4, -0.2) is 5.12 Å². The smallest absolute Gasteiger partial charge is 0.149 e. The van der Waals surface area contributed by atoms with E-state index in [0.29, 0.717) is 5.82 Å². The molecule has 0 fully saturated rings. The monoisotopic (exact) mass is 101 g/mol. The standard InChI is InChI=1S/C2H7N5/c3-2-1-5-6-7(2)4/h1,5-6H,3-4H2. The molecule has 5 nitrogen and oxygen atoms in total. The summed E-state index contributed by atoms with van der Waals surface area (Å²) in [5.74, 6) is 5.62. The first kappa shape index (κ1) is 4.23. The summed E-state index contributed by atoms with van der Waals surface area (Å²) in [7, 11) is 0. The molecule has 0 saturated heterocycles. The van der Waals surface area contributed by atoms with Crippen molar-refractivity contribution in [1.29, 1.82) is 0 Å². The lowest BCUT2D eigenvalue weighted by atomic mass is 10.8. The summed E-state index contributed by atoms with van der Waals surface area (Å²) in [5.41, 5.74) is 10.3. The molecular weight excluding hydrogens is 94.1 g/mol. The van der Waals surface area contributed by atoms with E-state index in [2.05, 4.69) is 11.0 Å². The Hall–Kier alpha value is -0.940. The molecule has 1 heterocycles. The molecule has 0 aliphatic carbocycles. The molecule has 0 saturated carbocycles. The Balaban J connectivity index is 2.54. The van der Waals surface area contributed by atoms with Crippen LogP contribution >= 0.6 is 0 Å². The number of hydrogen-bond donors (Lipinski definition) is 4. The van der Waals surface area contributed by atoms with Crippen LogP contribution in [0.4, 0.5) is 0 Å². The van der Waals surface area contributed by atoms with Crippen molar-refractivity contribution in [2.24, 2.45) is 11.6 Å². The summed E-state index contributed by atoms with van der Waals surface area (Å²) in [4.78, 5) is 0. The molecule has 0 aromatic carbocycles. The highest BCUT2D eigenvalue weighted by molar-refractivity contribution is 4.93. The summed E-state index contributed by atoms with van der Waals surface area (Å²) in [5, 5.41) is 1.18. The van der Waals surface area contributed by atoms with Crippen molar-refractivity contribution >= 4 is 0 Å². The van der Waals surface area contributed by atoms with E-state index in [1.165, 1.54) is 5.12 Å². The topological polar surface area (TPSA) is 79.3 Å². The molecule has 1 rings (SSSR count). The van der Waals surface area contributed by atoms with Gasteiger partial charge in [0.2, 0.25) is 0 Å². The molecule has 0 spiro atoms. The van der Waals surface area contributed by atoms with Crippen LogP contribution in [0.3, 0.4) is 0 Å². The second kappa shape index (κ2) is 1.28. The molecule has 6 N–H and O–H groups in total. The van der Waals surface area contributed by atoms with Gasteiger partial charge in [0.1, 0.15) is 5.82 Å². The zero-order chi connectivity index (χ0) is 5.28. The van der Waals surface area contributed by atoms with Gasteiger partial charge in [0.05, 0.1) is 6.20 Å². The van der Waals surface area contributed by atoms with E-state index in [1.54, 1.807) is 6.20 Å². The Morgan fingerprint density at radius 1 is 1.71 bits per heavy atom. The highest BCUT2D eigenvalue weighted by atomic mass is 15.8. The maximum atomic E-state index is 5.22. The lowest BCUT2D eigenvalue weighted by molar-refractivity contribution is 0.257. The van der Waals surface area contributed by atoms with Gasteiger partial charge < -0.3 is 11.2 Å². The van der Waals surface area contributed by atoms with E-state index < -0.39 is 0 Å². The van der Waals surface area contributed by atoms with Crippen molar-refractivity contribution in [3.63, 3.8) is 0 Å². The van der Waals surface area contributed by atoms with Crippen LogP contribution in [-0.2, 0) is 0 Å². The number of hydrogen-bond acceptors (Lipinski definition) is 5. The van der Waals surface area contributed by atoms with Gasteiger partial charge >= 0.3 is 0 Å². The molecule has 40 valence electrons. The SMILES string of the molecule is NC1=CNNN1N. The third kappa shape index (κ3) is 0.577. The van der Waals surface area contributed by atoms with Crippen LogP contribution in [0.15, 0.2) is 12.0 Å². The van der Waals surface area contributed by atoms with E-state index >= 15 is 0 Å². The fourth-order valence-corrected chi connectivity index (χ4v) is 0.310. The maximum absolute atomic E-state index is 5.22. The van der Waals surface area contributed by atoms with Crippen LogP contribution in [0.2, 0.25) is 0 Å². The molecule has 5 heteroatoms. The number of nitrogens with two attached hydrogens (primary N) is 2. The molecule has 0 radical (unpaired) electrons. The van der Waals surface area contributed by atoms with Gasteiger partial charge in [0.15, 0.2) is 0 Å². The molecule has 0 unspecified atom stereocenters. The Bertz CT molecular complexity index is 96.3. The fourth-order valence-electron chi connectivity index (χ4n) is 0.310. The second-order valence-corrected chi connectivity index (χ2v) is 1.20. The molecule has 7 heavy (non-hydrogen) atoms. The van der Waals surface area contributed by atoms with Crippen LogP contribution < -0.4 is 22.5 Å². The van der Waals surface area contributed by atoms with Crippen molar-refractivity contribution in [1.82, 2.24) is 16.1 Å². The Morgan fingerprint density at radius 2 is 2.43 bits per heavy atom. The van der Waals surface area contributed by atoms with Crippen LogP contribution in [0.25, 0.3) is 0 Å². The highest BCUT2D eigenvalue weighted by Crippen LogP contribution is 1.84. The van der Waals surface area contributed by atoms with Crippen molar-refractivity contribution in [2.75, 3.05) is 0 Å². The quantitative estimate of drug-likeness (QED) is 0.264. The molecule has 1 aliphatic heterocycles.